The number of nitrogen functional groups attached to an aromatic ring is 1. The summed E-state index contributed by atoms with van der Waals surface area (Å²) >= 11 is 0. The number of hydrogen-bond donors (Lipinski definition) is 2. The number of hydrogen-bond acceptors (Lipinski definition) is 2. The zero-order valence-corrected chi connectivity index (χ0v) is 11.1. The first-order chi connectivity index (χ1) is 8.52. The predicted octanol–water partition coefficient (Wildman–Crippen LogP) is 2.97. The molecule has 94 valence electrons. The summed E-state index contributed by atoms with van der Waals surface area (Å²) in [7, 11) is 2.08. The fraction of sp³-hybridized carbons (Fsp3) is 0.267. The molecule has 0 fully saturated rings. The van der Waals surface area contributed by atoms with E-state index in [0.717, 1.165) is 16.3 Å². The third-order valence-electron chi connectivity index (χ3n) is 3.35. The summed E-state index contributed by atoms with van der Waals surface area (Å²) in [6, 6.07) is 12.5. The van der Waals surface area contributed by atoms with Gasteiger partial charge >= 0.3 is 0 Å². The van der Waals surface area contributed by atoms with Crippen molar-refractivity contribution in [3.63, 3.8) is 0 Å². The largest absolute Gasteiger partial charge is 0.384 e. The van der Waals surface area contributed by atoms with E-state index in [9.17, 15) is 0 Å². The minimum Gasteiger partial charge on any atom is -0.384 e. The SMILES string of the molecule is CC(C)N(C)c1ccc(C(=N)N)c2ccccc12. The van der Waals surface area contributed by atoms with Crippen molar-refractivity contribution in [2.24, 2.45) is 5.73 Å². The maximum atomic E-state index is 7.64. The van der Waals surface area contributed by atoms with Crippen LogP contribution in [0.25, 0.3) is 10.8 Å². The summed E-state index contributed by atoms with van der Waals surface area (Å²) in [6.45, 7) is 4.32. The smallest absolute Gasteiger partial charge is 0.123 e. The molecular weight excluding hydrogens is 222 g/mol. The van der Waals surface area contributed by atoms with E-state index in [1.54, 1.807) is 0 Å². The molecule has 3 heteroatoms. The second-order valence-corrected chi connectivity index (χ2v) is 4.80. The van der Waals surface area contributed by atoms with Crippen molar-refractivity contribution >= 4 is 22.3 Å². The van der Waals surface area contributed by atoms with Crippen molar-refractivity contribution in [2.45, 2.75) is 19.9 Å². The number of anilines is 1. The second-order valence-electron chi connectivity index (χ2n) is 4.80. The monoisotopic (exact) mass is 241 g/mol. The average molecular weight is 241 g/mol. The van der Waals surface area contributed by atoms with Crippen LogP contribution in [-0.4, -0.2) is 18.9 Å². The van der Waals surface area contributed by atoms with Crippen LogP contribution < -0.4 is 10.6 Å². The molecule has 3 N–H and O–H groups in total. The molecule has 2 rings (SSSR count). The van der Waals surface area contributed by atoms with Crippen molar-refractivity contribution in [1.29, 1.82) is 5.41 Å². The summed E-state index contributed by atoms with van der Waals surface area (Å²) < 4.78 is 0. The first-order valence-electron chi connectivity index (χ1n) is 6.11. The highest BCUT2D eigenvalue weighted by atomic mass is 15.1. The summed E-state index contributed by atoms with van der Waals surface area (Å²) in [5.74, 6) is 0.116. The van der Waals surface area contributed by atoms with Gasteiger partial charge in [0.1, 0.15) is 5.84 Å². The van der Waals surface area contributed by atoms with Crippen LogP contribution in [0.15, 0.2) is 36.4 Å². The van der Waals surface area contributed by atoms with Gasteiger partial charge in [-0.05, 0) is 31.4 Å². The van der Waals surface area contributed by atoms with Gasteiger partial charge in [-0.15, -0.1) is 0 Å². The maximum absolute atomic E-state index is 7.64. The number of nitrogens with two attached hydrogens (primary N) is 1. The van der Waals surface area contributed by atoms with Gasteiger partial charge in [-0.3, -0.25) is 5.41 Å². The Morgan fingerprint density at radius 2 is 1.72 bits per heavy atom. The van der Waals surface area contributed by atoms with E-state index in [4.69, 9.17) is 11.1 Å². The van der Waals surface area contributed by atoms with Crippen molar-refractivity contribution in [3.05, 3.63) is 42.0 Å². The molecule has 0 radical (unpaired) electrons. The minimum absolute atomic E-state index is 0.116. The van der Waals surface area contributed by atoms with E-state index in [1.165, 1.54) is 5.69 Å². The number of amidine groups is 1. The normalized spacial score (nSPS) is 10.9. The zero-order chi connectivity index (χ0) is 13.3. The maximum Gasteiger partial charge on any atom is 0.123 e. The van der Waals surface area contributed by atoms with Gasteiger partial charge in [0, 0.05) is 29.7 Å². The van der Waals surface area contributed by atoms with Gasteiger partial charge in [0.15, 0.2) is 0 Å². The molecule has 0 atom stereocenters. The Morgan fingerprint density at radius 1 is 1.11 bits per heavy atom. The highest BCUT2D eigenvalue weighted by Crippen LogP contribution is 2.29. The standard InChI is InChI=1S/C15H19N3/c1-10(2)18(3)14-9-8-13(15(16)17)11-6-4-5-7-12(11)14/h4-10H,1-3H3,(H3,16,17). The number of nitrogens with one attached hydrogen (secondary N) is 1. The molecule has 2 aromatic carbocycles. The second kappa shape index (κ2) is 4.69. The molecule has 0 amide bonds. The van der Waals surface area contributed by atoms with Crippen LogP contribution >= 0.6 is 0 Å². The molecule has 0 heterocycles. The summed E-state index contributed by atoms with van der Waals surface area (Å²) in [5, 5.41) is 9.82. The summed E-state index contributed by atoms with van der Waals surface area (Å²) in [5.41, 5.74) is 7.61. The Balaban J connectivity index is 2.72. The van der Waals surface area contributed by atoms with E-state index in [0.29, 0.717) is 6.04 Å². The van der Waals surface area contributed by atoms with Crippen molar-refractivity contribution in [3.8, 4) is 0 Å². The summed E-state index contributed by atoms with van der Waals surface area (Å²) in [6.07, 6.45) is 0. The molecule has 2 aromatic rings. The molecule has 0 bridgehead atoms. The molecule has 0 aliphatic carbocycles. The number of nitrogens with zero attached hydrogens (tertiary/aromatic N) is 1. The minimum atomic E-state index is 0.116. The quantitative estimate of drug-likeness (QED) is 0.641. The van der Waals surface area contributed by atoms with Crippen LogP contribution in [0.5, 0.6) is 0 Å². The highest BCUT2D eigenvalue weighted by molar-refractivity contribution is 6.10. The van der Waals surface area contributed by atoms with Crippen LogP contribution in [0.4, 0.5) is 5.69 Å². The molecule has 0 saturated heterocycles. The van der Waals surface area contributed by atoms with Crippen LogP contribution in [-0.2, 0) is 0 Å². The Labute approximate surface area is 108 Å². The average Bonchev–Trinajstić information content (AvgIpc) is 2.36. The van der Waals surface area contributed by atoms with Crippen LogP contribution in [0.1, 0.15) is 19.4 Å². The van der Waals surface area contributed by atoms with E-state index in [1.807, 2.05) is 30.3 Å². The molecule has 0 unspecified atom stereocenters. The van der Waals surface area contributed by atoms with Crippen molar-refractivity contribution in [2.75, 3.05) is 11.9 Å². The van der Waals surface area contributed by atoms with Crippen LogP contribution in [0, 0.1) is 5.41 Å². The van der Waals surface area contributed by atoms with Gasteiger partial charge in [0.25, 0.3) is 0 Å². The van der Waals surface area contributed by atoms with Gasteiger partial charge in [0.2, 0.25) is 0 Å². The third-order valence-corrected chi connectivity index (χ3v) is 3.35. The lowest BCUT2D eigenvalue weighted by molar-refractivity contribution is 0.757. The van der Waals surface area contributed by atoms with Crippen LogP contribution in [0.3, 0.4) is 0 Å². The predicted molar refractivity (Wildman–Crippen MR) is 78.5 cm³/mol. The summed E-state index contributed by atoms with van der Waals surface area (Å²) in [4.78, 5) is 2.23. The Bertz CT molecular complexity index is 587. The zero-order valence-electron chi connectivity index (χ0n) is 11.1. The van der Waals surface area contributed by atoms with E-state index in [2.05, 4.69) is 31.9 Å². The topological polar surface area (TPSA) is 53.1 Å². The van der Waals surface area contributed by atoms with Gasteiger partial charge in [-0.25, -0.2) is 0 Å². The fourth-order valence-corrected chi connectivity index (χ4v) is 2.10. The first kappa shape index (κ1) is 12.4. The number of rotatable bonds is 3. The van der Waals surface area contributed by atoms with Gasteiger partial charge in [0.05, 0.1) is 0 Å². The van der Waals surface area contributed by atoms with Crippen molar-refractivity contribution in [1.82, 2.24) is 0 Å². The Hall–Kier alpha value is -2.03. The molecule has 18 heavy (non-hydrogen) atoms. The Morgan fingerprint density at radius 3 is 2.28 bits per heavy atom. The third kappa shape index (κ3) is 2.04. The first-order valence-corrected chi connectivity index (χ1v) is 6.11. The molecule has 0 aliphatic heterocycles. The molecule has 0 aliphatic rings. The number of benzene rings is 2. The Kier molecular flexibility index (Phi) is 3.24. The van der Waals surface area contributed by atoms with Gasteiger partial charge in [-0.1, -0.05) is 24.3 Å². The van der Waals surface area contributed by atoms with E-state index >= 15 is 0 Å². The molecule has 3 nitrogen and oxygen atoms in total. The lowest BCUT2D eigenvalue weighted by atomic mass is 10.0. The molecule has 0 saturated carbocycles. The lowest BCUT2D eigenvalue weighted by Gasteiger charge is -2.26. The van der Waals surface area contributed by atoms with Crippen LogP contribution in [0.2, 0.25) is 0 Å². The highest BCUT2D eigenvalue weighted by Gasteiger charge is 2.12. The van der Waals surface area contributed by atoms with E-state index < -0.39 is 0 Å². The lowest BCUT2D eigenvalue weighted by Crippen LogP contribution is -2.26. The molecular formula is C15H19N3. The van der Waals surface area contributed by atoms with E-state index in [-0.39, 0.29) is 5.84 Å². The van der Waals surface area contributed by atoms with Crippen molar-refractivity contribution < 1.29 is 0 Å². The van der Waals surface area contributed by atoms with Gasteiger partial charge in [-0.2, -0.15) is 0 Å². The molecule has 0 spiro atoms. The van der Waals surface area contributed by atoms with Gasteiger partial charge < -0.3 is 10.6 Å². The number of fused-ring (bicyclic) bond motifs is 1. The fourth-order valence-electron chi connectivity index (χ4n) is 2.10. The molecule has 0 aromatic heterocycles.